The molecule has 1 heterocycles. The van der Waals surface area contributed by atoms with Crippen molar-refractivity contribution >= 4 is 9.84 Å². The molecule has 7 heteroatoms. The molecule has 0 aliphatic heterocycles. The van der Waals surface area contributed by atoms with E-state index in [-0.39, 0.29) is 22.8 Å². The van der Waals surface area contributed by atoms with Gasteiger partial charge in [-0.2, -0.15) is 0 Å². The number of aromatic nitrogens is 2. The predicted molar refractivity (Wildman–Crippen MR) is 74.9 cm³/mol. The van der Waals surface area contributed by atoms with Crippen LogP contribution >= 0.6 is 0 Å². The van der Waals surface area contributed by atoms with Crippen LogP contribution in [-0.4, -0.2) is 23.7 Å². The highest BCUT2D eigenvalue weighted by atomic mass is 32.2. The van der Waals surface area contributed by atoms with Gasteiger partial charge in [0.25, 0.3) is 5.56 Å². The van der Waals surface area contributed by atoms with Crippen molar-refractivity contribution in [1.29, 1.82) is 0 Å². The summed E-state index contributed by atoms with van der Waals surface area (Å²) in [6.45, 7) is 0.444. The number of nitrogens with two attached hydrogens (primary N) is 1. The number of rotatable bonds is 5. The Balaban J connectivity index is 2.15. The summed E-state index contributed by atoms with van der Waals surface area (Å²) in [6, 6.07) is 7.72. The molecule has 0 radical (unpaired) electrons. The lowest BCUT2D eigenvalue weighted by Crippen LogP contribution is -2.23. The van der Waals surface area contributed by atoms with E-state index < -0.39 is 9.84 Å². The Kier molecular flexibility index (Phi) is 4.31. The molecule has 20 heavy (non-hydrogen) atoms. The number of hydrogen-bond donors (Lipinski definition) is 1. The van der Waals surface area contributed by atoms with Crippen LogP contribution in [0.1, 0.15) is 5.56 Å². The first-order valence-electron chi connectivity index (χ1n) is 6.05. The van der Waals surface area contributed by atoms with Crippen molar-refractivity contribution < 1.29 is 8.42 Å². The molecule has 0 aliphatic carbocycles. The van der Waals surface area contributed by atoms with Gasteiger partial charge in [-0.1, -0.05) is 12.1 Å². The minimum Gasteiger partial charge on any atom is -0.326 e. The van der Waals surface area contributed by atoms with Crippen molar-refractivity contribution in [2.24, 2.45) is 5.73 Å². The van der Waals surface area contributed by atoms with Gasteiger partial charge in [0.1, 0.15) is 0 Å². The van der Waals surface area contributed by atoms with Crippen LogP contribution in [0.5, 0.6) is 0 Å². The highest BCUT2D eigenvalue weighted by Gasteiger charge is 2.14. The van der Waals surface area contributed by atoms with E-state index in [0.29, 0.717) is 6.54 Å². The van der Waals surface area contributed by atoms with E-state index in [1.165, 1.54) is 35.3 Å². The van der Waals surface area contributed by atoms with Crippen LogP contribution in [-0.2, 0) is 22.9 Å². The van der Waals surface area contributed by atoms with Gasteiger partial charge in [-0.15, -0.1) is 0 Å². The Hall–Kier alpha value is -1.99. The molecule has 0 spiro atoms. The number of aryl methyl sites for hydroxylation is 1. The summed E-state index contributed by atoms with van der Waals surface area (Å²) >= 11 is 0. The Morgan fingerprint density at radius 2 is 1.85 bits per heavy atom. The molecular formula is C13H15N3O3S. The molecule has 0 bridgehead atoms. The maximum Gasteiger partial charge on any atom is 0.253 e. The zero-order valence-electron chi connectivity index (χ0n) is 10.8. The summed E-state index contributed by atoms with van der Waals surface area (Å²) in [7, 11) is -3.43. The summed E-state index contributed by atoms with van der Waals surface area (Å²) in [6.07, 6.45) is 2.70. The van der Waals surface area contributed by atoms with Crippen LogP contribution in [0.25, 0.3) is 0 Å². The first-order chi connectivity index (χ1) is 9.53. The quantitative estimate of drug-likeness (QED) is 0.848. The normalized spacial score (nSPS) is 11.4. The highest BCUT2D eigenvalue weighted by molar-refractivity contribution is 7.91. The summed E-state index contributed by atoms with van der Waals surface area (Å²) in [5, 5.41) is 0. The maximum absolute atomic E-state index is 12.1. The van der Waals surface area contributed by atoms with Crippen LogP contribution in [0, 0.1) is 0 Å². The van der Waals surface area contributed by atoms with Crippen molar-refractivity contribution in [2.75, 3.05) is 5.75 Å². The standard InChI is InChI=1S/C13H15N3O3S/c14-9-11-1-3-12(4-2-11)20(18,19)8-7-16-10-15-6-5-13(16)17/h1-6,10H,7-9,14H2. The zero-order valence-corrected chi connectivity index (χ0v) is 11.6. The van der Waals surface area contributed by atoms with Gasteiger partial charge < -0.3 is 5.73 Å². The Labute approximate surface area is 116 Å². The number of nitrogens with zero attached hydrogens (tertiary/aromatic N) is 2. The van der Waals surface area contributed by atoms with E-state index in [1.807, 2.05) is 0 Å². The topological polar surface area (TPSA) is 95.1 Å². The van der Waals surface area contributed by atoms with E-state index in [4.69, 9.17) is 5.73 Å². The summed E-state index contributed by atoms with van der Waals surface area (Å²) in [5.41, 5.74) is 6.06. The van der Waals surface area contributed by atoms with Crippen molar-refractivity contribution in [3.05, 3.63) is 58.8 Å². The molecule has 0 fully saturated rings. The SMILES string of the molecule is NCc1ccc(S(=O)(=O)CCn2cnccc2=O)cc1. The average Bonchev–Trinajstić information content (AvgIpc) is 2.46. The van der Waals surface area contributed by atoms with Crippen molar-refractivity contribution in [3.8, 4) is 0 Å². The van der Waals surface area contributed by atoms with Gasteiger partial charge in [-0.25, -0.2) is 13.4 Å². The molecular weight excluding hydrogens is 278 g/mol. The Morgan fingerprint density at radius 1 is 1.15 bits per heavy atom. The molecule has 1 aromatic heterocycles. The molecule has 2 rings (SSSR count). The third-order valence-corrected chi connectivity index (χ3v) is 4.62. The number of sulfone groups is 1. The van der Waals surface area contributed by atoms with E-state index in [1.54, 1.807) is 12.1 Å². The maximum atomic E-state index is 12.1. The predicted octanol–water partition coefficient (Wildman–Crippen LogP) is 0.176. The smallest absolute Gasteiger partial charge is 0.253 e. The van der Waals surface area contributed by atoms with Gasteiger partial charge in [-0.3, -0.25) is 9.36 Å². The lowest BCUT2D eigenvalue weighted by atomic mass is 10.2. The third kappa shape index (κ3) is 3.31. The van der Waals surface area contributed by atoms with Crippen LogP contribution in [0.15, 0.2) is 52.5 Å². The monoisotopic (exact) mass is 293 g/mol. The first kappa shape index (κ1) is 14.4. The fourth-order valence-corrected chi connectivity index (χ4v) is 2.94. The van der Waals surface area contributed by atoms with Crippen molar-refractivity contribution in [1.82, 2.24) is 9.55 Å². The van der Waals surface area contributed by atoms with Crippen LogP contribution < -0.4 is 11.3 Å². The lowest BCUT2D eigenvalue weighted by molar-refractivity contribution is 0.586. The van der Waals surface area contributed by atoms with Gasteiger partial charge in [0.15, 0.2) is 9.84 Å². The van der Waals surface area contributed by atoms with Gasteiger partial charge >= 0.3 is 0 Å². The molecule has 0 atom stereocenters. The Morgan fingerprint density at radius 3 is 2.45 bits per heavy atom. The summed E-state index contributed by atoms with van der Waals surface area (Å²) < 4.78 is 25.6. The number of benzene rings is 1. The molecule has 106 valence electrons. The highest BCUT2D eigenvalue weighted by Crippen LogP contribution is 2.12. The second-order valence-electron chi connectivity index (χ2n) is 4.28. The molecule has 0 saturated heterocycles. The molecule has 6 nitrogen and oxygen atoms in total. The van der Waals surface area contributed by atoms with Crippen LogP contribution in [0.2, 0.25) is 0 Å². The fraction of sp³-hybridized carbons (Fsp3) is 0.231. The summed E-state index contributed by atoms with van der Waals surface area (Å²) in [4.78, 5) is 15.5. The Bertz CT molecular complexity index is 736. The largest absolute Gasteiger partial charge is 0.326 e. The molecule has 2 N–H and O–H groups in total. The van der Waals surface area contributed by atoms with Crippen LogP contribution in [0.3, 0.4) is 0 Å². The molecule has 1 aromatic carbocycles. The molecule has 0 saturated carbocycles. The van der Waals surface area contributed by atoms with Crippen molar-refractivity contribution in [3.63, 3.8) is 0 Å². The lowest BCUT2D eigenvalue weighted by Gasteiger charge is -2.07. The third-order valence-electron chi connectivity index (χ3n) is 2.91. The minimum atomic E-state index is -3.43. The van der Waals surface area contributed by atoms with Gasteiger partial charge in [0, 0.05) is 25.4 Å². The molecule has 0 aliphatic rings. The number of hydrogen-bond acceptors (Lipinski definition) is 5. The summed E-state index contributed by atoms with van der Waals surface area (Å²) in [5.74, 6) is -0.152. The molecule has 2 aromatic rings. The van der Waals surface area contributed by atoms with Crippen LogP contribution in [0.4, 0.5) is 0 Å². The molecule has 0 unspecified atom stereocenters. The first-order valence-corrected chi connectivity index (χ1v) is 7.70. The van der Waals surface area contributed by atoms with E-state index in [9.17, 15) is 13.2 Å². The molecule has 0 amide bonds. The average molecular weight is 293 g/mol. The second kappa shape index (κ2) is 5.98. The van der Waals surface area contributed by atoms with Gasteiger partial charge in [-0.05, 0) is 17.7 Å². The van der Waals surface area contributed by atoms with Gasteiger partial charge in [0.05, 0.1) is 17.0 Å². The van der Waals surface area contributed by atoms with Gasteiger partial charge in [0.2, 0.25) is 0 Å². The van der Waals surface area contributed by atoms with E-state index >= 15 is 0 Å². The second-order valence-corrected chi connectivity index (χ2v) is 6.39. The fourth-order valence-electron chi connectivity index (χ4n) is 1.72. The van der Waals surface area contributed by atoms with E-state index in [0.717, 1.165) is 5.56 Å². The van der Waals surface area contributed by atoms with Crippen molar-refractivity contribution in [2.45, 2.75) is 18.0 Å². The zero-order chi connectivity index (χ0) is 14.6. The minimum absolute atomic E-state index is 0.0770. The van der Waals surface area contributed by atoms with E-state index in [2.05, 4.69) is 4.98 Å².